The number of likely N-dealkylation sites (tertiary alicyclic amines) is 1. The Kier molecular flexibility index (Phi) is 5.86. The Bertz CT molecular complexity index is 1090. The Morgan fingerprint density at radius 3 is 2.39 bits per heavy atom. The predicted molar refractivity (Wildman–Crippen MR) is 114 cm³/mol. The number of amides is 1. The molecule has 2 aliphatic rings. The van der Waals surface area contributed by atoms with Gasteiger partial charge >= 0.3 is 0 Å². The number of benzene rings is 2. The van der Waals surface area contributed by atoms with Crippen LogP contribution in [-0.2, 0) is 14.8 Å². The highest BCUT2D eigenvalue weighted by atomic mass is 32.2. The van der Waals surface area contributed by atoms with Gasteiger partial charge < -0.3 is 14.4 Å². The van der Waals surface area contributed by atoms with Crippen molar-refractivity contribution in [2.45, 2.75) is 37.2 Å². The summed E-state index contributed by atoms with van der Waals surface area (Å²) in [5.74, 6) is 0.417. The fourth-order valence-electron chi connectivity index (χ4n) is 3.65. The van der Waals surface area contributed by atoms with Gasteiger partial charge in [-0.1, -0.05) is 0 Å². The van der Waals surface area contributed by atoms with Gasteiger partial charge in [-0.15, -0.1) is 0 Å². The maximum Gasteiger partial charge on any atom is 0.267 e. The molecule has 0 saturated carbocycles. The van der Waals surface area contributed by atoms with Gasteiger partial charge in [0.15, 0.2) is 17.3 Å². The van der Waals surface area contributed by atoms with Crippen LogP contribution >= 0.6 is 0 Å². The molecule has 1 N–H and O–H groups in total. The fraction of sp³-hybridized carbons (Fsp3) is 0.364. The largest absolute Gasteiger partial charge is 0.485 e. The number of nitrogens with zero attached hydrogens (tertiary/aromatic N) is 1. The summed E-state index contributed by atoms with van der Waals surface area (Å²) in [7, 11) is -3.87. The SMILES string of the molecule is CC(=O)c1ccc(NS(=O)(=O)c2ccc3c(c2)OC[C@@H](C(=O)N2CCCCC2)O3)cc1. The average Bonchev–Trinajstić information content (AvgIpc) is 2.78. The minimum Gasteiger partial charge on any atom is -0.485 e. The zero-order valence-corrected chi connectivity index (χ0v) is 18.0. The number of anilines is 1. The van der Waals surface area contributed by atoms with Crippen LogP contribution in [0.2, 0.25) is 0 Å². The summed E-state index contributed by atoms with van der Waals surface area (Å²) in [5.41, 5.74) is 0.836. The molecule has 0 spiro atoms. The molecule has 0 aliphatic carbocycles. The van der Waals surface area contributed by atoms with Crippen LogP contribution in [0.25, 0.3) is 0 Å². The van der Waals surface area contributed by atoms with Crippen LogP contribution < -0.4 is 14.2 Å². The predicted octanol–water partition coefficient (Wildman–Crippen LogP) is 2.84. The van der Waals surface area contributed by atoms with Crippen molar-refractivity contribution in [1.82, 2.24) is 4.90 Å². The van der Waals surface area contributed by atoms with Crippen molar-refractivity contribution in [2.24, 2.45) is 0 Å². The summed E-state index contributed by atoms with van der Waals surface area (Å²) in [6.45, 7) is 2.92. The zero-order valence-electron chi connectivity index (χ0n) is 17.2. The Labute approximate surface area is 181 Å². The average molecular weight is 445 g/mol. The van der Waals surface area contributed by atoms with E-state index in [1.165, 1.54) is 37.3 Å². The lowest BCUT2D eigenvalue weighted by Crippen LogP contribution is -2.48. The summed E-state index contributed by atoms with van der Waals surface area (Å²) in [4.78, 5) is 25.8. The first-order chi connectivity index (χ1) is 14.8. The number of sulfonamides is 1. The van der Waals surface area contributed by atoms with Crippen molar-refractivity contribution in [1.29, 1.82) is 0 Å². The van der Waals surface area contributed by atoms with E-state index in [0.717, 1.165) is 32.4 Å². The maximum atomic E-state index is 12.8. The van der Waals surface area contributed by atoms with Crippen molar-refractivity contribution in [3.05, 3.63) is 48.0 Å². The molecule has 0 aromatic heterocycles. The molecule has 1 atom stereocenters. The van der Waals surface area contributed by atoms with Crippen molar-refractivity contribution >= 4 is 27.4 Å². The number of fused-ring (bicyclic) bond motifs is 1. The van der Waals surface area contributed by atoms with Gasteiger partial charge in [0.05, 0.1) is 4.90 Å². The van der Waals surface area contributed by atoms with E-state index in [1.807, 2.05) is 0 Å². The molecule has 2 aromatic carbocycles. The molecule has 2 aromatic rings. The molecule has 2 aliphatic heterocycles. The van der Waals surface area contributed by atoms with Crippen LogP contribution in [0.15, 0.2) is 47.4 Å². The number of nitrogens with one attached hydrogen (secondary N) is 1. The lowest BCUT2D eigenvalue weighted by atomic mass is 10.1. The first kappa shape index (κ1) is 21.2. The Morgan fingerprint density at radius 2 is 1.71 bits per heavy atom. The quantitative estimate of drug-likeness (QED) is 0.712. The van der Waals surface area contributed by atoms with E-state index in [4.69, 9.17) is 9.47 Å². The minimum atomic E-state index is -3.87. The number of carbonyl (C=O) groups excluding carboxylic acids is 2. The van der Waals surface area contributed by atoms with Gasteiger partial charge in [-0.3, -0.25) is 14.3 Å². The smallest absolute Gasteiger partial charge is 0.267 e. The summed E-state index contributed by atoms with van der Waals surface area (Å²) >= 11 is 0. The zero-order chi connectivity index (χ0) is 22.0. The number of hydrogen-bond donors (Lipinski definition) is 1. The van der Waals surface area contributed by atoms with Gasteiger partial charge in [-0.2, -0.15) is 0 Å². The summed E-state index contributed by atoms with van der Waals surface area (Å²) in [6, 6.07) is 10.5. The highest BCUT2D eigenvalue weighted by Crippen LogP contribution is 2.35. The van der Waals surface area contributed by atoms with Crippen molar-refractivity contribution in [3.63, 3.8) is 0 Å². The van der Waals surface area contributed by atoms with Crippen molar-refractivity contribution in [3.8, 4) is 11.5 Å². The highest BCUT2D eigenvalue weighted by molar-refractivity contribution is 7.92. The highest BCUT2D eigenvalue weighted by Gasteiger charge is 2.32. The standard InChI is InChI=1S/C22H24N2O6S/c1-15(25)16-5-7-17(8-6-16)23-31(27,28)18-9-10-19-20(13-18)29-14-21(30-19)22(26)24-11-3-2-4-12-24/h5-10,13,21,23H,2-4,11-12,14H2,1H3/t21-/m0/s1. The monoisotopic (exact) mass is 444 g/mol. The number of carbonyl (C=O) groups is 2. The molecule has 1 fully saturated rings. The van der Waals surface area contributed by atoms with E-state index in [2.05, 4.69) is 4.72 Å². The number of piperidine rings is 1. The van der Waals surface area contributed by atoms with Gasteiger partial charge in [-0.25, -0.2) is 8.42 Å². The number of Topliss-reactive ketones (excluding diaryl/α,β-unsaturated/α-hetero) is 1. The van der Waals surface area contributed by atoms with Gasteiger partial charge in [0.2, 0.25) is 6.10 Å². The fourth-order valence-corrected chi connectivity index (χ4v) is 4.72. The van der Waals surface area contributed by atoms with Gasteiger partial charge in [-0.05, 0) is 62.6 Å². The van der Waals surface area contributed by atoms with E-state index >= 15 is 0 Å². The molecule has 2 heterocycles. The number of rotatable bonds is 5. The minimum absolute atomic E-state index is 0.00583. The summed E-state index contributed by atoms with van der Waals surface area (Å²) in [6.07, 6.45) is 2.37. The van der Waals surface area contributed by atoms with Crippen LogP contribution in [0.5, 0.6) is 11.5 Å². The molecule has 0 unspecified atom stereocenters. The van der Waals surface area contributed by atoms with Gasteiger partial charge in [0.25, 0.3) is 15.9 Å². The normalized spacial score (nSPS) is 18.4. The number of ether oxygens (including phenoxy) is 2. The van der Waals surface area contributed by atoms with Crippen LogP contribution in [0.1, 0.15) is 36.5 Å². The van der Waals surface area contributed by atoms with E-state index < -0.39 is 16.1 Å². The Balaban J connectivity index is 1.47. The van der Waals surface area contributed by atoms with E-state index in [1.54, 1.807) is 17.0 Å². The molecular weight excluding hydrogens is 420 g/mol. The van der Waals surface area contributed by atoms with Crippen molar-refractivity contribution in [2.75, 3.05) is 24.4 Å². The molecule has 0 radical (unpaired) electrons. The molecule has 0 bridgehead atoms. The molecule has 8 nitrogen and oxygen atoms in total. The molecule has 9 heteroatoms. The number of hydrogen-bond acceptors (Lipinski definition) is 6. The lowest BCUT2D eigenvalue weighted by Gasteiger charge is -2.32. The summed E-state index contributed by atoms with van der Waals surface area (Å²) < 4.78 is 39.5. The van der Waals surface area contributed by atoms with E-state index in [-0.39, 0.29) is 28.9 Å². The molecular formula is C22H24N2O6S. The topological polar surface area (TPSA) is 102 Å². The lowest BCUT2D eigenvalue weighted by molar-refractivity contribution is -0.142. The third-order valence-electron chi connectivity index (χ3n) is 5.37. The van der Waals surface area contributed by atoms with Gasteiger partial charge in [0.1, 0.15) is 6.61 Å². The molecule has 4 rings (SSSR count). The van der Waals surface area contributed by atoms with Crippen LogP contribution in [-0.4, -0.2) is 50.8 Å². The molecule has 1 amide bonds. The van der Waals surface area contributed by atoms with Gasteiger partial charge in [0, 0.05) is 30.4 Å². The van der Waals surface area contributed by atoms with E-state index in [0.29, 0.717) is 17.0 Å². The Hall–Kier alpha value is -3.07. The van der Waals surface area contributed by atoms with Crippen LogP contribution in [0, 0.1) is 0 Å². The van der Waals surface area contributed by atoms with Crippen LogP contribution in [0.3, 0.4) is 0 Å². The molecule has 164 valence electrons. The third kappa shape index (κ3) is 4.66. The number of ketones is 1. The second kappa shape index (κ2) is 8.58. The first-order valence-corrected chi connectivity index (χ1v) is 11.7. The Morgan fingerprint density at radius 1 is 1.00 bits per heavy atom. The third-order valence-corrected chi connectivity index (χ3v) is 6.75. The van der Waals surface area contributed by atoms with E-state index in [9.17, 15) is 18.0 Å². The summed E-state index contributed by atoms with van der Waals surface area (Å²) in [5, 5.41) is 0. The molecule has 31 heavy (non-hydrogen) atoms. The second-order valence-electron chi connectivity index (χ2n) is 7.65. The maximum absolute atomic E-state index is 12.8. The van der Waals surface area contributed by atoms with Crippen molar-refractivity contribution < 1.29 is 27.5 Å². The second-order valence-corrected chi connectivity index (χ2v) is 9.33. The van der Waals surface area contributed by atoms with Crippen LogP contribution in [0.4, 0.5) is 5.69 Å². The first-order valence-electron chi connectivity index (χ1n) is 10.2. The molecule has 1 saturated heterocycles.